The van der Waals surface area contributed by atoms with E-state index in [1.54, 1.807) is 28.7 Å². The molecule has 0 saturated heterocycles. The van der Waals surface area contributed by atoms with Crippen LogP contribution in [0.3, 0.4) is 0 Å². The van der Waals surface area contributed by atoms with Crippen molar-refractivity contribution >= 4 is 27.5 Å². The zero-order valence-electron chi connectivity index (χ0n) is 9.88. The van der Waals surface area contributed by atoms with Gasteiger partial charge in [0.25, 0.3) is 5.91 Å². The summed E-state index contributed by atoms with van der Waals surface area (Å²) in [5.41, 5.74) is 1.10. The fraction of sp³-hybridized carbons (Fsp3) is 0.364. The van der Waals surface area contributed by atoms with Gasteiger partial charge in [0, 0.05) is 26.4 Å². The third-order valence-electron chi connectivity index (χ3n) is 2.58. The summed E-state index contributed by atoms with van der Waals surface area (Å²) in [7, 11) is 1.70. The van der Waals surface area contributed by atoms with Crippen molar-refractivity contribution in [2.45, 2.75) is 6.42 Å². The lowest BCUT2D eigenvalue weighted by Crippen LogP contribution is -2.29. The first-order chi connectivity index (χ1) is 8.63. The number of fused-ring (bicyclic) bond motifs is 1. The lowest BCUT2D eigenvalue weighted by Gasteiger charge is -2.15. The zero-order valence-corrected chi connectivity index (χ0v) is 11.5. The molecule has 2 aromatic rings. The number of carbonyl (C=O) groups excluding carboxylic acids is 1. The maximum atomic E-state index is 12.2. The Bertz CT molecular complexity index is 569. The summed E-state index contributed by atoms with van der Waals surface area (Å²) in [5.74, 6) is -0.131. The Morgan fingerprint density at radius 2 is 2.28 bits per heavy atom. The molecule has 2 rings (SSSR count). The number of imidazole rings is 1. The van der Waals surface area contributed by atoms with Crippen LogP contribution in [0.15, 0.2) is 23.2 Å². The molecule has 0 aliphatic heterocycles. The molecule has 2 heterocycles. The van der Waals surface area contributed by atoms with Gasteiger partial charge in [-0.1, -0.05) is 0 Å². The van der Waals surface area contributed by atoms with E-state index in [9.17, 15) is 4.79 Å². The highest BCUT2D eigenvalue weighted by Gasteiger charge is 2.16. The number of rotatable bonds is 4. The molecule has 6 nitrogen and oxygen atoms in total. The number of hydrogen-bond acceptors (Lipinski definition) is 4. The second kappa shape index (κ2) is 5.45. The van der Waals surface area contributed by atoms with Gasteiger partial charge in [0.1, 0.15) is 10.3 Å². The van der Waals surface area contributed by atoms with Crippen molar-refractivity contribution in [3.8, 4) is 0 Å². The van der Waals surface area contributed by atoms with Crippen molar-refractivity contribution in [3.63, 3.8) is 0 Å². The van der Waals surface area contributed by atoms with Gasteiger partial charge in [-0.25, -0.2) is 9.97 Å². The summed E-state index contributed by atoms with van der Waals surface area (Å²) >= 11 is 3.26. The van der Waals surface area contributed by atoms with Crippen molar-refractivity contribution in [1.29, 1.82) is 0 Å². The minimum atomic E-state index is -0.131. The molecule has 0 aliphatic rings. The number of aromatic nitrogens is 3. The van der Waals surface area contributed by atoms with Gasteiger partial charge in [0.15, 0.2) is 5.65 Å². The Labute approximate surface area is 112 Å². The van der Waals surface area contributed by atoms with E-state index < -0.39 is 0 Å². The van der Waals surface area contributed by atoms with Crippen LogP contribution in [0.2, 0.25) is 0 Å². The summed E-state index contributed by atoms with van der Waals surface area (Å²) in [4.78, 5) is 21.9. The van der Waals surface area contributed by atoms with E-state index in [2.05, 4.69) is 25.9 Å². The molecule has 7 heteroatoms. The number of carbonyl (C=O) groups is 1. The summed E-state index contributed by atoms with van der Waals surface area (Å²) in [5, 5.41) is 8.77. The molecule has 0 spiro atoms. The molecule has 0 aromatic carbocycles. The highest BCUT2D eigenvalue weighted by molar-refractivity contribution is 9.10. The van der Waals surface area contributed by atoms with Crippen LogP contribution in [0, 0.1) is 0 Å². The van der Waals surface area contributed by atoms with Crippen LogP contribution in [0.4, 0.5) is 0 Å². The van der Waals surface area contributed by atoms with Crippen molar-refractivity contribution in [1.82, 2.24) is 19.3 Å². The van der Waals surface area contributed by atoms with E-state index in [1.165, 1.54) is 6.20 Å². The molecule has 0 atom stereocenters. The van der Waals surface area contributed by atoms with Gasteiger partial charge in [-0.3, -0.25) is 9.20 Å². The molecule has 0 unspecified atom stereocenters. The molecule has 0 aliphatic carbocycles. The van der Waals surface area contributed by atoms with Gasteiger partial charge >= 0.3 is 0 Å². The monoisotopic (exact) mass is 312 g/mol. The normalized spacial score (nSPS) is 10.8. The summed E-state index contributed by atoms with van der Waals surface area (Å²) in [6.07, 6.45) is 5.38. The first kappa shape index (κ1) is 13.0. The van der Waals surface area contributed by atoms with E-state index in [0.717, 1.165) is 0 Å². The first-order valence-corrected chi connectivity index (χ1v) is 6.27. The zero-order chi connectivity index (χ0) is 13.1. The van der Waals surface area contributed by atoms with Crippen LogP contribution in [0.5, 0.6) is 0 Å². The number of aliphatic hydroxyl groups excluding tert-OH is 1. The van der Waals surface area contributed by atoms with Crippen LogP contribution in [-0.4, -0.2) is 50.5 Å². The number of amides is 1. The Kier molecular flexibility index (Phi) is 3.93. The Morgan fingerprint density at radius 3 is 3.00 bits per heavy atom. The lowest BCUT2D eigenvalue weighted by molar-refractivity contribution is 0.0779. The van der Waals surface area contributed by atoms with Crippen molar-refractivity contribution in [2.24, 2.45) is 0 Å². The molecular weight excluding hydrogens is 300 g/mol. The van der Waals surface area contributed by atoms with Crippen LogP contribution in [-0.2, 0) is 0 Å². The molecule has 2 aromatic heterocycles. The molecule has 0 saturated carbocycles. The predicted molar refractivity (Wildman–Crippen MR) is 69.4 cm³/mol. The summed E-state index contributed by atoms with van der Waals surface area (Å²) in [6.45, 7) is 0.578. The van der Waals surface area contributed by atoms with Crippen LogP contribution >= 0.6 is 15.9 Å². The second-order valence-electron chi connectivity index (χ2n) is 3.89. The summed E-state index contributed by atoms with van der Waals surface area (Å²) in [6, 6.07) is 0. The van der Waals surface area contributed by atoms with Gasteiger partial charge < -0.3 is 10.0 Å². The van der Waals surface area contributed by atoms with Crippen molar-refractivity contribution in [3.05, 3.63) is 28.9 Å². The third kappa shape index (κ3) is 2.51. The molecule has 96 valence electrons. The maximum absolute atomic E-state index is 12.2. The SMILES string of the molecule is CN(CCCO)C(=O)c1cnc2cnc(Br)cn12. The van der Waals surface area contributed by atoms with Crippen LogP contribution < -0.4 is 0 Å². The fourth-order valence-electron chi connectivity index (χ4n) is 1.63. The topological polar surface area (TPSA) is 70.7 Å². The van der Waals surface area contributed by atoms with Crippen molar-refractivity contribution in [2.75, 3.05) is 20.2 Å². The van der Waals surface area contributed by atoms with Crippen LogP contribution in [0.1, 0.15) is 16.9 Å². The minimum absolute atomic E-state index is 0.0697. The number of aliphatic hydroxyl groups is 1. The average Bonchev–Trinajstić information content (AvgIpc) is 2.77. The van der Waals surface area contributed by atoms with Gasteiger partial charge in [0.2, 0.25) is 0 Å². The standard InChI is InChI=1S/C11H13BrN4O2/c1-15(3-2-4-17)11(18)8-5-14-10-6-13-9(12)7-16(8)10/h5-7,17H,2-4H2,1H3. The van der Waals surface area contributed by atoms with Gasteiger partial charge in [-0.05, 0) is 22.4 Å². The molecule has 0 fully saturated rings. The maximum Gasteiger partial charge on any atom is 0.272 e. The number of hydrogen-bond donors (Lipinski definition) is 1. The predicted octanol–water partition coefficient (Wildman–Crippen LogP) is 0.946. The Hall–Kier alpha value is -1.47. The van der Waals surface area contributed by atoms with Crippen LogP contribution in [0.25, 0.3) is 5.65 Å². The highest BCUT2D eigenvalue weighted by atomic mass is 79.9. The molecule has 0 bridgehead atoms. The van der Waals surface area contributed by atoms with E-state index in [1.807, 2.05) is 0 Å². The molecule has 0 radical (unpaired) electrons. The second-order valence-corrected chi connectivity index (χ2v) is 4.70. The summed E-state index contributed by atoms with van der Waals surface area (Å²) < 4.78 is 2.33. The lowest BCUT2D eigenvalue weighted by atomic mass is 10.3. The highest BCUT2D eigenvalue weighted by Crippen LogP contribution is 2.12. The third-order valence-corrected chi connectivity index (χ3v) is 2.99. The van der Waals surface area contributed by atoms with Gasteiger partial charge in [0.05, 0.1) is 12.4 Å². The van der Waals surface area contributed by atoms with Gasteiger partial charge in [-0.2, -0.15) is 0 Å². The van der Waals surface area contributed by atoms with E-state index in [-0.39, 0.29) is 12.5 Å². The van der Waals surface area contributed by atoms with E-state index >= 15 is 0 Å². The quantitative estimate of drug-likeness (QED) is 0.912. The Morgan fingerprint density at radius 1 is 1.50 bits per heavy atom. The average molecular weight is 313 g/mol. The fourth-order valence-corrected chi connectivity index (χ4v) is 1.94. The first-order valence-electron chi connectivity index (χ1n) is 5.48. The van der Waals surface area contributed by atoms with E-state index in [0.29, 0.717) is 28.9 Å². The molecule has 1 N–H and O–H groups in total. The molecule has 1 amide bonds. The smallest absolute Gasteiger partial charge is 0.272 e. The number of halogens is 1. The molecule has 18 heavy (non-hydrogen) atoms. The largest absolute Gasteiger partial charge is 0.396 e. The number of nitrogens with zero attached hydrogens (tertiary/aromatic N) is 4. The van der Waals surface area contributed by atoms with E-state index in [4.69, 9.17) is 5.11 Å². The van der Waals surface area contributed by atoms with Crippen molar-refractivity contribution < 1.29 is 9.90 Å². The Balaban J connectivity index is 2.30. The van der Waals surface area contributed by atoms with Gasteiger partial charge in [-0.15, -0.1) is 0 Å². The molecular formula is C11H13BrN4O2. The minimum Gasteiger partial charge on any atom is -0.396 e.